The molecular formula is C16H24BrN3O. The third-order valence-corrected chi connectivity index (χ3v) is 6.15. The van der Waals surface area contributed by atoms with Gasteiger partial charge in [-0.25, -0.2) is 0 Å². The number of likely N-dealkylation sites (tertiary alicyclic amines) is 1. The lowest BCUT2D eigenvalue weighted by atomic mass is 9.69. The number of fused-ring (bicyclic) bond motifs is 3. The fraction of sp³-hybridized carbons (Fsp3) is 0.875. The van der Waals surface area contributed by atoms with Gasteiger partial charge in [-0.1, -0.05) is 15.9 Å². The molecule has 21 heavy (non-hydrogen) atoms. The monoisotopic (exact) mass is 353 g/mol. The summed E-state index contributed by atoms with van der Waals surface area (Å²) >= 11 is 3.52. The second-order valence-electron chi connectivity index (χ2n) is 6.69. The van der Waals surface area contributed by atoms with Crippen LogP contribution in [-0.2, 0) is 4.79 Å². The summed E-state index contributed by atoms with van der Waals surface area (Å²) in [7, 11) is 0. The summed E-state index contributed by atoms with van der Waals surface area (Å²) < 4.78 is 0. The molecule has 4 atom stereocenters. The summed E-state index contributed by atoms with van der Waals surface area (Å²) in [6, 6.07) is 0.766. The molecule has 0 radical (unpaired) electrons. The van der Waals surface area contributed by atoms with Crippen molar-refractivity contribution < 1.29 is 4.79 Å². The number of piperidine rings is 3. The van der Waals surface area contributed by atoms with Crippen LogP contribution in [0.25, 0.3) is 0 Å². The molecule has 5 heteroatoms. The molecular weight excluding hydrogens is 330 g/mol. The van der Waals surface area contributed by atoms with Gasteiger partial charge in [0.1, 0.15) is 0 Å². The van der Waals surface area contributed by atoms with Crippen LogP contribution in [0, 0.1) is 23.3 Å². The smallest absolute Gasteiger partial charge is 0.222 e. The Hall–Kier alpha value is -0.760. The van der Waals surface area contributed by atoms with Gasteiger partial charge in [-0.3, -0.25) is 4.79 Å². The van der Waals surface area contributed by atoms with Crippen molar-refractivity contribution in [1.29, 1.82) is 5.26 Å². The number of nitrogens with zero attached hydrogens (tertiary/aromatic N) is 3. The molecule has 0 aliphatic carbocycles. The van der Waals surface area contributed by atoms with E-state index in [0.29, 0.717) is 29.8 Å². The zero-order valence-corrected chi connectivity index (χ0v) is 14.1. The van der Waals surface area contributed by atoms with E-state index in [4.69, 9.17) is 0 Å². The van der Waals surface area contributed by atoms with Crippen LogP contribution in [-0.4, -0.2) is 46.2 Å². The second kappa shape index (κ2) is 6.56. The minimum atomic E-state index is 0.350. The van der Waals surface area contributed by atoms with Crippen LogP contribution >= 0.6 is 15.9 Å². The van der Waals surface area contributed by atoms with E-state index in [1.54, 1.807) is 0 Å². The van der Waals surface area contributed by atoms with Gasteiger partial charge in [-0.05, 0) is 44.4 Å². The first-order valence-corrected chi connectivity index (χ1v) is 9.40. The van der Waals surface area contributed by atoms with Gasteiger partial charge in [-0.15, -0.1) is 0 Å². The van der Waals surface area contributed by atoms with Gasteiger partial charge in [0.25, 0.3) is 0 Å². The van der Waals surface area contributed by atoms with Crippen molar-refractivity contribution in [3.63, 3.8) is 0 Å². The molecule has 116 valence electrons. The van der Waals surface area contributed by atoms with Gasteiger partial charge in [0.2, 0.25) is 5.91 Å². The normalized spacial score (nSPS) is 35.9. The van der Waals surface area contributed by atoms with Crippen molar-refractivity contribution in [2.45, 2.75) is 57.0 Å². The Labute approximate surface area is 135 Å². The molecule has 1 amide bonds. The first-order chi connectivity index (χ1) is 10.3. The molecule has 3 saturated heterocycles. The number of carbonyl (C=O) groups is 1. The fourth-order valence-electron chi connectivity index (χ4n) is 4.78. The van der Waals surface area contributed by atoms with Gasteiger partial charge < -0.3 is 9.80 Å². The summed E-state index contributed by atoms with van der Waals surface area (Å²) in [6.07, 6.45) is 9.84. The van der Waals surface area contributed by atoms with E-state index in [2.05, 4.69) is 27.0 Å². The van der Waals surface area contributed by atoms with Crippen molar-refractivity contribution in [3.8, 4) is 6.19 Å². The SMILES string of the molecule is N#CN1CCC[C@@H]2[C@@H]1[C@@H](CCCBr)CN1C(=O)CCC[C@H]21. The average molecular weight is 354 g/mol. The van der Waals surface area contributed by atoms with E-state index in [1.807, 2.05) is 4.90 Å². The molecule has 3 heterocycles. The number of halogens is 1. The second-order valence-corrected chi connectivity index (χ2v) is 7.48. The molecule has 0 saturated carbocycles. The van der Waals surface area contributed by atoms with Crippen molar-refractivity contribution in [3.05, 3.63) is 0 Å². The van der Waals surface area contributed by atoms with E-state index < -0.39 is 0 Å². The highest BCUT2D eigenvalue weighted by atomic mass is 79.9. The van der Waals surface area contributed by atoms with Crippen LogP contribution in [0.1, 0.15) is 44.9 Å². The Kier molecular flexibility index (Phi) is 4.73. The zero-order valence-electron chi connectivity index (χ0n) is 12.5. The number of carbonyl (C=O) groups excluding carboxylic acids is 1. The summed E-state index contributed by atoms with van der Waals surface area (Å²) in [5, 5.41) is 10.5. The topological polar surface area (TPSA) is 47.3 Å². The molecule has 3 aliphatic rings. The Morgan fingerprint density at radius 1 is 1.33 bits per heavy atom. The van der Waals surface area contributed by atoms with E-state index in [9.17, 15) is 10.1 Å². The zero-order chi connectivity index (χ0) is 14.8. The molecule has 3 rings (SSSR count). The van der Waals surface area contributed by atoms with Crippen molar-refractivity contribution in [2.75, 3.05) is 18.4 Å². The number of rotatable bonds is 3. The third kappa shape index (κ3) is 2.79. The average Bonchev–Trinajstić information content (AvgIpc) is 2.52. The highest BCUT2D eigenvalue weighted by Gasteiger charge is 2.49. The molecule has 0 unspecified atom stereocenters. The lowest BCUT2D eigenvalue weighted by molar-refractivity contribution is -0.146. The largest absolute Gasteiger partial charge is 0.339 e. The quantitative estimate of drug-likeness (QED) is 0.578. The number of hydrogen-bond donors (Lipinski definition) is 0. The predicted octanol–water partition coefficient (Wildman–Crippen LogP) is 2.73. The Morgan fingerprint density at radius 2 is 2.19 bits per heavy atom. The van der Waals surface area contributed by atoms with Crippen molar-refractivity contribution in [2.24, 2.45) is 11.8 Å². The number of alkyl halides is 1. The highest BCUT2D eigenvalue weighted by Crippen LogP contribution is 2.42. The summed E-state index contributed by atoms with van der Waals surface area (Å²) in [6.45, 7) is 1.78. The van der Waals surface area contributed by atoms with Crippen LogP contribution in [0.4, 0.5) is 0 Å². The molecule has 0 spiro atoms. The Balaban J connectivity index is 1.85. The molecule has 3 fully saturated rings. The molecule has 0 bridgehead atoms. The first kappa shape index (κ1) is 15.1. The van der Waals surface area contributed by atoms with E-state index in [0.717, 1.165) is 56.9 Å². The van der Waals surface area contributed by atoms with Gasteiger partial charge in [0, 0.05) is 42.8 Å². The van der Waals surface area contributed by atoms with Gasteiger partial charge >= 0.3 is 0 Å². The minimum Gasteiger partial charge on any atom is -0.339 e. The Bertz CT molecular complexity index is 436. The van der Waals surface area contributed by atoms with Gasteiger partial charge in [-0.2, -0.15) is 5.26 Å². The maximum absolute atomic E-state index is 12.3. The van der Waals surface area contributed by atoms with Gasteiger partial charge in [0.05, 0.1) is 0 Å². The molecule has 0 aromatic rings. The van der Waals surface area contributed by atoms with E-state index >= 15 is 0 Å². The highest BCUT2D eigenvalue weighted by molar-refractivity contribution is 9.09. The minimum absolute atomic E-state index is 0.350. The summed E-state index contributed by atoms with van der Waals surface area (Å²) in [4.78, 5) is 16.5. The number of amides is 1. The molecule has 4 nitrogen and oxygen atoms in total. The van der Waals surface area contributed by atoms with Gasteiger partial charge in [0.15, 0.2) is 6.19 Å². The lowest BCUT2D eigenvalue weighted by Gasteiger charge is -2.55. The Morgan fingerprint density at radius 3 is 2.95 bits per heavy atom. The number of nitriles is 1. The third-order valence-electron chi connectivity index (χ3n) is 5.59. The fourth-order valence-corrected chi connectivity index (χ4v) is 5.10. The van der Waals surface area contributed by atoms with Crippen LogP contribution < -0.4 is 0 Å². The van der Waals surface area contributed by atoms with E-state index in [1.165, 1.54) is 6.42 Å². The van der Waals surface area contributed by atoms with Crippen LogP contribution in [0.3, 0.4) is 0 Å². The van der Waals surface area contributed by atoms with Crippen LogP contribution in [0.5, 0.6) is 0 Å². The molecule has 0 aromatic heterocycles. The first-order valence-electron chi connectivity index (χ1n) is 8.28. The van der Waals surface area contributed by atoms with E-state index in [-0.39, 0.29) is 0 Å². The predicted molar refractivity (Wildman–Crippen MR) is 84.7 cm³/mol. The van der Waals surface area contributed by atoms with Crippen LogP contribution in [0.2, 0.25) is 0 Å². The standard InChI is InChI=1S/C16H24BrN3O/c17-8-2-4-12-10-20-14(6-1-7-15(20)21)13-5-3-9-19(11-18)16(12)13/h12-14,16H,1-10H2/t12-,13-,14+,16-/m0/s1. The van der Waals surface area contributed by atoms with Crippen molar-refractivity contribution >= 4 is 21.8 Å². The maximum atomic E-state index is 12.3. The summed E-state index contributed by atoms with van der Waals surface area (Å²) in [5.74, 6) is 1.32. The maximum Gasteiger partial charge on any atom is 0.222 e. The lowest BCUT2D eigenvalue weighted by Crippen LogP contribution is -2.64. The molecule has 0 aromatic carbocycles. The molecule has 0 N–H and O–H groups in total. The van der Waals surface area contributed by atoms with Crippen LogP contribution in [0.15, 0.2) is 0 Å². The molecule has 3 aliphatic heterocycles. The summed E-state index contributed by atoms with van der Waals surface area (Å²) in [5.41, 5.74) is 0. The number of hydrogen-bond acceptors (Lipinski definition) is 3. The van der Waals surface area contributed by atoms with Crippen molar-refractivity contribution in [1.82, 2.24) is 9.80 Å².